The van der Waals surface area contributed by atoms with Crippen LogP contribution in [0.2, 0.25) is 0 Å². The number of nitrogens with two attached hydrogens (primary N) is 1. The molecule has 108 valence electrons. The fourth-order valence-electron chi connectivity index (χ4n) is 2.16. The molecule has 0 saturated carbocycles. The second kappa shape index (κ2) is 6.92. The molecule has 0 aliphatic rings. The van der Waals surface area contributed by atoms with Crippen LogP contribution in [0.5, 0.6) is 5.75 Å². The van der Waals surface area contributed by atoms with Gasteiger partial charge in [0.25, 0.3) is 0 Å². The van der Waals surface area contributed by atoms with Gasteiger partial charge in [0.1, 0.15) is 11.5 Å². The molecule has 1 aromatic carbocycles. The number of hydrogen-bond acceptors (Lipinski definition) is 4. The number of methoxy groups -OCH3 is 1. The van der Waals surface area contributed by atoms with Crippen molar-refractivity contribution in [1.82, 2.24) is 4.90 Å². The Balaban J connectivity index is 2.09. The minimum Gasteiger partial charge on any atom is -0.497 e. The molecule has 1 aromatic heterocycles. The molecule has 1 unspecified atom stereocenters. The van der Waals surface area contributed by atoms with Crippen molar-refractivity contribution >= 4 is 15.9 Å². The van der Waals surface area contributed by atoms with Gasteiger partial charge in [-0.05, 0) is 46.7 Å². The first-order valence-corrected chi connectivity index (χ1v) is 7.21. The molecule has 2 aromatic rings. The Morgan fingerprint density at radius 2 is 2.00 bits per heavy atom. The summed E-state index contributed by atoms with van der Waals surface area (Å²) >= 11 is 3.49. The first kappa shape index (κ1) is 15.1. The summed E-state index contributed by atoms with van der Waals surface area (Å²) in [6, 6.07) is 9.97. The van der Waals surface area contributed by atoms with E-state index in [1.165, 1.54) is 5.56 Å². The lowest BCUT2D eigenvalue weighted by Crippen LogP contribution is -2.30. The highest BCUT2D eigenvalue weighted by Crippen LogP contribution is 2.28. The van der Waals surface area contributed by atoms with E-state index >= 15 is 0 Å². The summed E-state index contributed by atoms with van der Waals surface area (Å²) in [6.07, 6.45) is 1.67. The molecule has 0 aliphatic carbocycles. The minimum atomic E-state index is 0.0430. The Hall–Kier alpha value is -1.30. The average Bonchev–Trinajstić information content (AvgIpc) is 2.87. The first-order valence-electron chi connectivity index (χ1n) is 6.41. The number of benzene rings is 1. The normalized spacial score (nSPS) is 12.7. The van der Waals surface area contributed by atoms with Gasteiger partial charge in [-0.1, -0.05) is 12.1 Å². The third-order valence-electron chi connectivity index (χ3n) is 3.29. The molecular weight excluding hydrogens is 320 g/mol. The van der Waals surface area contributed by atoms with Gasteiger partial charge in [0, 0.05) is 13.1 Å². The minimum absolute atomic E-state index is 0.0430. The number of likely N-dealkylation sites (N-methyl/N-ethyl adjacent to an activating group) is 1. The lowest BCUT2D eigenvalue weighted by molar-refractivity contribution is 0.212. The maximum Gasteiger partial charge on any atom is 0.136 e. The highest BCUT2D eigenvalue weighted by atomic mass is 79.9. The summed E-state index contributed by atoms with van der Waals surface area (Å²) in [7, 11) is 3.71. The van der Waals surface area contributed by atoms with Crippen molar-refractivity contribution in [3.63, 3.8) is 0 Å². The summed E-state index contributed by atoms with van der Waals surface area (Å²) in [6.45, 7) is 1.29. The first-order chi connectivity index (χ1) is 9.65. The van der Waals surface area contributed by atoms with Gasteiger partial charge in [0.15, 0.2) is 0 Å². The van der Waals surface area contributed by atoms with Crippen molar-refractivity contribution in [3.05, 3.63) is 52.4 Å². The molecule has 2 N–H and O–H groups in total. The highest BCUT2D eigenvalue weighted by Gasteiger charge is 2.21. The zero-order valence-electron chi connectivity index (χ0n) is 11.7. The number of ether oxygens (including phenoxy) is 1. The van der Waals surface area contributed by atoms with Crippen molar-refractivity contribution in [2.24, 2.45) is 5.73 Å². The van der Waals surface area contributed by atoms with Gasteiger partial charge in [-0.3, -0.25) is 4.90 Å². The molecule has 2 rings (SSSR count). The molecule has 1 heterocycles. The van der Waals surface area contributed by atoms with Crippen LogP contribution in [-0.2, 0) is 6.54 Å². The summed E-state index contributed by atoms with van der Waals surface area (Å²) in [5.41, 5.74) is 7.09. The van der Waals surface area contributed by atoms with E-state index < -0.39 is 0 Å². The molecule has 0 amide bonds. The van der Waals surface area contributed by atoms with Crippen LogP contribution in [-0.4, -0.2) is 25.6 Å². The van der Waals surface area contributed by atoms with Crippen LogP contribution in [0.25, 0.3) is 0 Å². The zero-order valence-corrected chi connectivity index (χ0v) is 13.3. The van der Waals surface area contributed by atoms with Crippen LogP contribution in [0.15, 0.2) is 45.5 Å². The van der Waals surface area contributed by atoms with Crippen LogP contribution in [0.4, 0.5) is 0 Å². The van der Waals surface area contributed by atoms with Crippen LogP contribution in [0.1, 0.15) is 17.4 Å². The Morgan fingerprint density at radius 3 is 2.50 bits per heavy atom. The van der Waals surface area contributed by atoms with E-state index in [4.69, 9.17) is 14.9 Å². The lowest BCUT2D eigenvalue weighted by atomic mass is 10.1. The van der Waals surface area contributed by atoms with E-state index in [1.807, 2.05) is 25.2 Å². The second-order valence-corrected chi connectivity index (χ2v) is 5.50. The van der Waals surface area contributed by atoms with Crippen molar-refractivity contribution in [3.8, 4) is 5.75 Å². The van der Waals surface area contributed by atoms with Gasteiger partial charge in [-0.2, -0.15) is 0 Å². The Kier molecular flexibility index (Phi) is 5.23. The number of halogens is 1. The van der Waals surface area contributed by atoms with Crippen molar-refractivity contribution in [1.29, 1.82) is 0 Å². The molecule has 5 heteroatoms. The number of nitrogens with zero attached hydrogens (tertiary/aromatic N) is 1. The van der Waals surface area contributed by atoms with Gasteiger partial charge in [-0.15, -0.1) is 0 Å². The van der Waals surface area contributed by atoms with Crippen LogP contribution in [0.3, 0.4) is 0 Å². The van der Waals surface area contributed by atoms with Crippen molar-refractivity contribution < 1.29 is 9.15 Å². The average molecular weight is 339 g/mol. The van der Waals surface area contributed by atoms with Gasteiger partial charge in [-0.25, -0.2) is 0 Å². The predicted molar refractivity (Wildman–Crippen MR) is 82.7 cm³/mol. The SMILES string of the molecule is COc1ccc(CN(C)C(CN)c2occc2Br)cc1. The fraction of sp³-hybridized carbons (Fsp3) is 0.333. The quantitative estimate of drug-likeness (QED) is 0.878. The predicted octanol–water partition coefficient (Wildman–Crippen LogP) is 3.18. The standard InChI is InChI=1S/C15H19BrN2O2/c1-18(10-11-3-5-12(19-2)6-4-11)14(9-17)15-13(16)7-8-20-15/h3-8,14H,9-10,17H2,1-2H3. The van der Waals surface area contributed by atoms with Crippen LogP contribution in [0, 0.1) is 0 Å². The van der Waals surface area contributed by atoms with Crippen molar-refractivity contribution in [2.75, 3.05) is 20.7 Å². The van der Waals surface area contributed by atoms with E-state index in [9.17, 15) is 0 Å². The molecule has 0 bridgehead atoms. The monoisotopic (exact) mass is 338 g/mol. The molecule has 20 heavy (non-hydrogen) atoms. The Bertz CT molecular complexity index is 539. The van der Waals surface area contributed by atoms with E-state index in [0.717, 1.165) is 22.5 Å². The third-order valence-corrected chi connectivity index (χ3v) is 3.95. The van der Waals surface area contributed by atoms with Gasteiger partial charge in [0.2, 0.25) is 0 Å². The Labute approximate surface area is 127 Å². The van der Waals surface area contributed by atoms with Gasteiger partial charge in [0.05, 0.1) is 23.9 Å². The summed E-state index contributed by atoms with van der Waals surface area (Å²) in [4.78, 5) is 2.17. The summed E-state index contributed by atoms with van der Waals surface area (Å²) < 4.78 is 11.6. The molecule has 0 fully saturated rings. The van der Waals surface area contributed by atoms with E-state index in [0.29, 0.717) is 6.54 Å². The maximum absolute atomic E-state index is 5.89. The second-order valence-electron chi connectivity index (χ2n) is 4.65. The largest absolute Gasteiger partial charge is 0.497 e. The highest BCUT2D eigenvalue weighted by molar-refractivity contribution is 9.10. The molecule has 0 radical (unpaired) electrons. The number of rotatable bonds is 6. The van der Waals surface area contributed by atoms with Crippen molar-refractivity contribution in [2.45, 2.75) is 12.6 Å². The van der Waals surface area contributed by atoms with Crippen LogP contribution < -0.4 is 10.5 Å². The molecule has 0 saturated heterocycles. The fourth-order valence-corrected chi connectivity index (χ4v) is 2.63. The van der Waals surface area contributed by atoms with Gasteiger partial charge < -0.3 is 14.9 Å². The maximum atomic E-state index is 5.89. The van der Waals surface area contributed by atoms with E-state index in [1.54, 1.807) is 13.4 Å². The van der Waals surface area contributed by atoms with E-state index in [-0.39, 0.29) is 6.04 Å². The molecule has 1 atom stereocenters. The smallest absolute Gasteiger partial charge is 0.136 e. The molecule has 4 nitrogen and oxygen atoms in total. The number of hydrogen-bond donors (Lipinski definition) is 1. The molecule has 0 aliphatic heterocycles. The van der Waals surface area contributed by atoms with Crippen LogP contribution >= 0.6 is 15.9 Å². The Morgan fingerprint density at radius 1 is 1.30 bits per heavy atom. The summed E-state index contributed by atoms with van der Waals surface area (Å²) in [5, 5.41) is 0. The third kappa shape index (κ3) is 3.42. The summed E-state index contributed by atoms with van der Waals surface area (Å²) in [5.74, 6) is 1.73. The number of furan rings is 1. The van der Waals surface area contributed by atoms with E-state index in [2.05, 4.69) is 33.0 Å². The topological polar surface area (TPSA) is 51.6 Å². The molecular formula is C15H19BrN2O2. The zero-order chi connectivity index (χ0) is 14.5. The lowest BCUT2D eigenvalue weighted by Gasteiger charge is -2.25. The van der Waals surface area contributed by atoms with Gasteiger partial charge >= 0.3 is 0 Å². The molecule has 0 spiro atoms.